The Bertz CT molecular complexity index is 1100. The van der Waals surface area contributed by atoms with Crippen molar-refractivity contribution in [2.24, 2.45) is 0 Å². The molecule has 9 nitrogen and oxygen atoms in total. The Balaban J connectivity index is 1.86. The number of nitrogens with zero attached hydrogens (tertiary/aromatic N) is 2. The number of hydrogen-bond acceptors (Lipinski definition) is 8. The number of aromatic hydroxyl groups is 1. The fraction of sp³-hybridized carbons (Fsp3) is 0.0556. The maximum Gasteiger partial charge on any atom is 0.315 e. The minimum atomic E-state index is -0.771. The number of nitrogens with one attached hydrogen (secondary N) is 1. The highest BCUT2D eigenvalue weighted by Crippen LogP contribution is 2.39. The monoisotopic (exact) mass is 465 g/mol. The Kier molecular flexibility index (Phi) is 6.25. The van der Waals surface area contributed by atoms with Gasteiger partial charge in [0.05, 0.1) is 16.9 Å². The number of hydrogen-bond donors (Lipinski definition) is 2. The fourth-order valence-electron chi connectivity index (χ4n) is 2.47. The molecule has 12 heteroatoms. The Morgan fingerprint density at radius 3 is 2.63 bits per heavy atom. The van der Waals surface area contributed by atoms with Crippen LogP contribution in [0.25, 0.3) is 6.08 Å². The molecule has 0 saturated carbocycles. The second-order valence-corrected chi connectivity index (χ2v) is 7.93. The number of benzene rings is 2. The fourth-order valence-corrected chi connectivity index (χ4v) is 3.78. The summed E-state index contributed by atoms with van der Waals surface area (Å²) in [7, 11) is 1.24. The quantitative estimate of drug-likeness (QED) is 0.298. The van der Waals surface area contributed by atoms with Crippen molar-refractivity contribution in [2.45, 2.75) is 0 Å². The Morgan fingerprint density at radius 1 is 1.37 bits per heavy atom. The lowest BCUT2D eigenvalue weighted by molar-refractivity contribution is -0.386. The molecule has 30 heavy (non-hydrogen) atoms. The van der Waals surface area contributed by atoms with Crippen LogP contribution < -0.4 is 10.2 Å². The van der Waals surface area contributed by atoms with E-state index in [4.69, 9.17) is 28.6 Å². The molecule has 1 aliphatic heterocycles. The normalized spacial score (nSPS) is 14.9. The van der Waals surface area contributed by atoms with Crippen molar-refractivity contribution < 1.29 is 24.4 Å². The van der Waals surface area contributed by atoms with Crippen molar-refractivity contribution >= 4 is 63.5 Å². The molecule has 1 heterocycles. The molecule has 0 atom stereocenters. The number of ether oxygens (including phenoxy) is 1. The van der Waals surface area contributed by atoms with Gasteiger partial charge in [0.15, 0.2) is 10.1 Å². The molecule has 154 valence electrons. The van der Waals surface area contributed by atoms with Crippen molar-refractivity contribution in [3.05, 3.63) is 67.6 Å². The highest BCUT2D eigenvalue weighted by atomic mass is 35.5. The zero-order valence-electron chi connectivity index (χ0n) is 15.1. The zero-order valence-corrected chi connectivity index (χ0v) is 17.5. The van der Waals surface area contributed by atoms with Crippen molar-refractivity contribution in [1.82, 2.24) is 10.4 Å². The van der Waals surface area contributed by atoms with E-state index in [0.29, 0.717) is 5.02 Å². The maximum atomic E-state index is 12.7. The van der Waals surface area contributed by atoms with Gasteiger partial charge >= 0.3 is 5.69 Å². The standard InChI is InChI=1S/C18H12ClN3O6S2/c1-28-13-7-9(6-12(15(13)23)22(26)27)8-14-17(25)21(18(29)30-14)20-16(24)10-2-4-11(19)5-3-10/h2-8,23H,1H3,(H,20,24)/b14-8+. The second-order valence-electron chi connectivity index (χ2n) is 5.81. The lowest BCUT2D eigenvalue weighted by Gasteiger charge is -2.15. The van der Waals surface area contributed by atoms with Gasteiger partial charge in [-0.05, 0) is 54.2 Å². The molecular weight excluding hydrogens is 454 g/mol. The number of phenols is 1. The van der Waals surface area contributed by atoms with Gasteiger partial charge in [0.25, 0.3) is 11.8 Å². The third kappa shape index (κ3) is 4.37. The lowest BCUT2D eigenvalue weighted by Crippen LogP contribution is -2.44. The molecule has 0 aromatic heterocycles. The first-order chi connectivity index (χ1) is 14.2. The highest BCUT2D eigenvalue weighted by molar-refractivity contribution is 8.26. The van der Waals surface area contributed by atoms with Crippen LogP contribution >= 0.6 is 35.6 Å². The van der Waals surface area contributed by atoms with Crippen LogP contribution in [0.15, 0.2) is 41.3 Å². The third-order valence-electron chi connectivity index (χ3n) is 3.91. The molecule has 2 N–H and O–H groups in total. The smallest absolute Gasteiger partial charge is 0.315 e. The summed E-state index contributed by atoms with van der Waals surface area (Å²) in [5.41, 5.74) is 2.35. The first-order valence-corrected chi connectivity index (χ1v) is 9.71. The minimum Gasteiger partial charge on any atom is -0.500 e. The van der Waals surface area contributed by atoms with Gasteiger partial charge in [-0.3, -0.25) is 25.1 Å². The first-order valence-electron chi connectivity index (χ1n) is 8.11. The van der Waals surface area contributed by atoms with Gasteiger partial charge in [-0.15, -0.1) is 0 Å². The summed E-state index contributed by atoms with van der Waals surface area (Å²) < 4.78 is 5.02. The molecule has 1 fully saturated rings. The molecule has 2 amide bonds. The number of rotatable bonds is 5. The van der Waals surface area contributed by atoms with E-state index in [-0.39, 0.29) is 26.1 Å². The predicted octanol–water partition coefficient (Wildman–Crippen LogP) is 3.51. The molecular formula is C18H12ClN3O6S2. The molecule has 2 aromatic rings. The van der Waals surface area contributed by atoms with Crippen LogP contribution in [0.1, 0.15) is 15.9 Å². The van der Waals surface area contributed by atoms with Crippen LogP contribution in [0.4, 0.5) is 5.69 Å². The van der Waals surface area contributed by atoms with Crippen LogP contribution in [0.5, 0.6) is 11.5 Å². The number of thiocarbonyl (C=S) groups is 1. The Morgan fingerprint density at radius 2 is 2.03 bits per heavy atom. The van der Waals surface area contributed by atoms with Crippen LogP contribution in [0, 0.1) is 10.1 Å². The van der Waals surface area contributed by atoms with Gasteiger partial charge in [0, 0.05) is 16.7 Å². The molecule has 1 saturated heterocycles. The molecule has 0 radical (unpaired) electrons. The van der Waals surface area contributed by atoms with Crippen molar-refractivity contribution in [3.8, 4) is 11.5 Å². The predicted molar refractivity (Wildman–Crippen MR) is 115 cm³/mol. The third-order valence-corrected chi connectivity index (χ3v) is 5.46. The van der Waals surface area contributed by atoms with Crippen LogP contribution in [0.2, 0.25) is 5.02 Å². The number of amides is 2. The summed E-state index contributed by atoms with van der Waals surface area (Å²) in [4.78, 5) is 35.5. The van der Waals surface area contributed by atoms with Crippen LogP contribution in [-0.2, 0) is 4.79 Å². The number of carbonyl (C=O) groups is 2. The van der Waals surface area contributed by atoms with E-state index in [2.05, 4.69) is 5.43 Å². The summed E-state index contributed by atoms with van der Waals surface area (Å²) in [6.45, 7) is 0. The largest absolute Gasteiger partial charge is 0.500 e. The van der Waals surface area contributed by atoms with Crippen LogP contribution in [0.3, 0.4) is 0 Å². The maximum absolute atomic E-state index is 12.7. The minimum absolute atomic E-state index is 0.0776. The van der Waals surface area contributed by atoms with E-state index in [1.54, 1.807) is 0 Å². The van der Waals surface area contributed by atoms with Gasteiger partial charge in [0.2, 0.25) is 5.75 Å². The van der Waals surface area contributed by atoms with Gasteiger partial charge in [-0.2, -0.15) is 5.01 Å². The highest BCUT2D eigenvalue weighted by Gasteiger charge is 2.34. The summed E-state index contributed by atoms with van der Waals surface area (Å²) in [6, 6.07) is 8.48. The molecule has 0 unspecified atom stereocenters. The Hall–Kier alpha value is -3.15. The molecule has 3 rings (SSSR count). The number of methoxy groups -OCH3 is 1. The number of carbonyl (C=O) groups excluding carboxylic acids is 2. The SMILES string of the molecule is COc1cc(/C=C2/SC(=S)N(NC(=O)c3ccc(Cl)cc3)C2=O)cc([N+](=O)[O-])c1O. The summed E-state index contributed by atoms with van der Waals surface area (Å²) in [5, 5.41) is 22.4. The number of thioether (sulfide) groups is 1. The van der Waals surface area contributed by atoms with Gasteiger partial charge in [-0.1, -0.05) is 23.4 Å². The van der Waals surface area contributed by atoms with E-state index in [1.165, 1.54) is 43.5 Å². The van der Waals surface area contributed by atoms with Gasteiger partial charge < -0.3 is 9.84 Å². The van der Waals surface area contributed by atoms with Gasteiger partial charge in [0.1, 0.15) is 0 Å². The number of nitro groups is 1. The van der Waals surface area contributed by atoms with E-state index in [9.17, 15) is 24.8 Å². The lowest BCUT2D eigenvalue weighted by atomic mass is 10.1. The number of hydrazine groups is 1. The van der Waals surface area contributed by atoms with E-state index in [0.717, 1.165) is 22.8 Å². The van der Waals surface area contributed by atoms with Gasteiger partial charge in [-0.25, -0.2) is 0 Å². The Labute approximate surface area is 184 Å². The average Bonchev–Trinajstić information content (AvgIpc) is 2.96. The summed E-state index contributed by atoms with van der Waals surface area (Å²) >= 11 is 11.9. The first kappa shape index (κ1) is 21.6. The average molecular weight is 466 g/mol. The van der Waals surface area contributed by atoms with Crippen LogP contribution in [-0.4, -0.2) is 38.3 Å². The molecule has 0 bridgehead atoms. The number of nitro benzene ring substituents is 1. The number of phenolic OH excluding ortho intramolecular Hbond substituents is 1. The zero-order chi connectivity index (χ0) is 22.0. The van der Waals surface area contributed by atoms with Crippen molar-refractivity contribution in [1.29, 1.82) is 0 Å². The van der Waals surface area contributed by atoms with Crippen molar-refractivity contribution in [3.63, 3.8) is 0 Å². The van der Waals surface area contributed by atoms with E-state index in [1.807, 2.05) is 0 Å². The molecule has 0 aliphatic carbocycles. The van der Waals surface area contributed by atoms with E-state index >= 15 is 0 Å². The van der Waals surface area contributed by atoms with E-state index < -0.39 is 28.2 Å². The van der Waals surface area contributed by atoms with Crippen molar-refractivity contribution in [2.75, 3.05) is 7.11 Å². The molecule has 0 spiro atoms. The molecule has 1 aliphatic rings. The number of halogens is 1. The topological polar surface area (TPSA) is 122 Å². The second kappa shape index (κ2) is 8.69. The summed E-state index contributed by atoms with van der Waals surface area (Å²) in [6.07, 6.45) is 1.35. The summed E-state index contributed by atoms with van der Waals surface area (Å²) in [5.74, 6) is -1.92. The molecule has 2 aromatic carbocycles.